The third-order valence-corrected chi connectivity index (χ3v) is 4.81. The molecule has 1 aliphatic carbocycles. The predicted molar refractivity (Wildman–Crippen MR) is 80.7 cm³/mol. The number of benzene rings is 1. The van der Waals surface area contributed by atoms with E-state index in [0.29, 0.717) is 5.92 Å². The first-order valence-electron chi connectivity index (χ1n) is 7.38. The second-order valence-electron chi connectivity index (χ2n) is 6.83. The quantitative estimate of drug-likeness (QED) is 0.793. The minimum atomic E-state index is -0.304. The van der Waals surface area contributed by atoms with Crippen molar-refractivity contribution < 1.29 is 14.0 Å². The first-order valence-corrected chi connectivity index (χ1v) is 7.38. The number of rotatable bonds is 3. The molecule has 1 aromatic rings. The van der Waals surface area contributed by atoms with Crippen LogP contribution in [0.2, 0.25) is 0 Å². The lowest BCUT2D eigenvalue weighted by Gasteiger charge is -2.32. The van der Waals surface area contributed by atoms with E-state index in [-0.39, 0.29) is 18.3 Å². The number of ether oxygens (including phenoxy) is 1. The summed E-state index contributed by atoms with van der Waals surface area (Å²) in [6.07, 6.45) is 2.46. The summed E-state index contributed by atoms with van der Waals surface area (Å²) >= 11 is 0. The fourth-order valence-corrected chi connectivity index (χ4v) is 2.72. The van der Waals surface area contributed by atoms with Crippen molar-refractivity contribution in [3.05, 3.63) is 23.8 Å². The molecule has 2 aliphatic rings. The van der Waals surface area contributed by atoms with E-state index < -0.39 is 0 Å². The molecule has 108 valence electrons. The van der Waals surface area contributed by atoms with Gasteiger partial charge in [0, 0.05) is 0 Å². The fraction of sp³-hybridized carbons (Fsp3) is 0.625. The van der Waals surface area contributed by atoms with Gasteiger partial charge in [0.05, 0.1) is 18.3 Å². The summed E-state index contributed by atoms with van der Waals surface area (Å²) in [5.41, 5.74) is 1.79. The van der Waals surface area contributed by atoms with E-state index in [0.717, 1.165) is 11.2 Å². The Morgan fingerprint density at radius 3 is 2.20 bits per heavy atom. The van der Waals surface area contributed by atoms with Crippen molar-refractivity contribution in [1.82, 2.24) is 0 Å². The summed E-state index contributed by atoms with van der Waals surface area (Å²) in [7, 11) is 1.43. The normalized spacial score (nSPS) is 23.9. The van der Waals surface area contributed by atoms with Crippen LogP contribution in [0, 0.1) is 0 Å². The molecular weight excluding hydrogens is 251 g/mol. The Bertz CT molecular complexity index is 504. The molecule has 3 nitrogen and oxygen atoms in total. The highest BCUT2D eigenvalue weighted by Gasteiger charge is 2.53. The lowest BCUT2D eigenvalue weighted by atomic mass is 9.74. The van der Waals surface area contributed by atoms with Crippen LogP contribution in [0.4, 0.5) is 0 Å². The van der Waals surface area contributed by atoms with Crippen LogP contribution >= 0.6 is 0 Å². The Balaban J connectivity index is 2.00. The van der Waals surface area contributed by atoms with Gasteiger partial charge in [0.15, 0.2) is 0 Å². The minimum Gasteiger partial charge on any atom is -0.496 e. The molecule has 0 atom stereocenters. The largest absolute Gasteiger partial charge is 0.496 e. The molecule has 1 aromatic carbocycles. The molecule has 0 aromatic heterocycles. The molecule has 3 rings (SSSR count). The average Bonchev–Trinajstić information content (AvgIpc) is 3.17. The van der Waals surface area contributed by atoms with Gasteiger partial charge in [-0.05, 0) is 63.5 Å². The topological polar surface area (TPSA) is 27.7 Å². The van der Waals surface area contributed by atoms with Gasteiger partial charge in [0.1, 0.15) is 5.75 Å². The Hall–Kier alpha value is -0.995. The highest BCUT2D eigenvalue weighted by atomic mass is 16.7. The van der Waals surface area contributed by atoms with Gasteiger partial charge in [-0.1, -0.05) is 12.1 Å². The summed E-state index contributed by atoms with van der Waals surface area (Å²) in [6.45, 7) is 8.35. The zero-order valence-electron chi connectivity index (χ0n) is 13.0. The zero-order valence-corrected chi connectivity index (χ0v) is 13.0. The maximum atomic E-state index is 6.19. The Morgan fingerprint density at radius 2 is 1.70 bits per heavy atom. The fourth-order valence-electron chi connectivity index (χ4n) is 2.72. The molecule has 0 unspecified atom stereocenters. The first kappa shape index (κ1) is 14.0. The van der Waals surface area contributed by atoms with Crippen LogP contribution in [-0.4, -0.2) is 25.4 Å². The highest BCUT2D eigenvalue weighted by Crippen LogP contribution is 2.45. The molecule has 1 aliphatic heterocycles. The summed E-state index contributed by atoms with van der Waals surface area (Å²) in [5, 5.41) is 0. The number of hydrogen-bond acceptors (Lipinski definition) is 3. The molecule has 20 heavy (non-hydrogen) atoms. The summed E-state index contributed by atoms with van der Waals surface area (Å²) in [5.74, 6) is 1.56. The van der Waals surface area contributed by atoms with Crippen LogP contribution in [0.5, 0.6) is 5.75 Å². The smallest absolute Gasteiger partial charge is 0.495 e. The van der Waals surface area contributed by atoms with Crippen molar-refractivity contribution in [3.8, 4) is 5.75 Å². The van der Waals surface area contributed by atoms with Crippen molar-refractivity contribution in [2.75, 3.05) is 7.11 Å². The Labute approximate surface area is 121 Å². The zero-order chi connectivity index (χ0) is 14.5. The van der Waals surface area contributed by atoms with Crippen LogP contribution in [-0.2, 0) is 9.31 Å². The van der Waals surface area contributed by atoms with Gasteiger partial charge in [-0.3, -0.25) is 0 Å². The Kier molecular flexibility index (Phi) is 3.14. The van der Waals surface area contributed by atoms with Crippen molar-refractivity contribution in [3.63, 3.8) is 0 Å². The standard InChI is InChI=1S/C16H23BO3/c1-15(2)16(3,4)20-17(19-15)12-7-6-8-13(18-5)14(12)11-9-10-11/h6-8,11H,9-10H2,1-5H3. The van der Waals surface area contributed by atoms with Crippen LogP contribution in [0.25, 0.3) is 0 Å². The second kappa shape index (κ2) is 4.50. The maximum Gasteiger partial charge on any atom is 0.495 e. The summed E-state index contributed by atoms with van der Waals surface area (Å²) in [6, 6.07) is 6.16. The van der Waals surface area contributed by atoms with Crippen LogP contribution in [0.3, 0.4) is 0 Å². The van der Waals surface area contributed by atoms with Gasteiger partial charge in [0.25, 0.3) is 0 Å². The van der Waals surface area contributed by atoms with Crippen LogP contribution in [0.15, 0.2) is 18.2 Å². The van der Waals surface area contributed by atoms with E-state index in [9.17, 15) is 0 Å². The van der Waals surface area contributed by atoms with Crippen molar-refractivity contribution in [1.29, 1.82) is 0 Å². The number of methoxy groups -OCH3 is 1. The van der Waals surface area contributed by atoms with Crippen molar-refractivity contribution in [2.45, 2.75) is 57.7 Å². The monoisotopic (exact) mass is 274 g/mol. The van der Waals surface area contributed by atoms with Gasteiger partial charge in [-0.15, -0.1) is 0 Å². The summed E-state index contributed by atoms with van der Waals surface area (Å²) in [4.78, 5) is 0. The molecule has 1 heterocycles. The predicted octanol–water partition coefficient (Wildman–Crippen LogP) is 2.87. The van der Waals surface area contributed by atoms with E-state index in [1.807, 2.05) is 12.1 Å². The molecule has 4 heteroatoms. The van der Waals surface area contributed by atoms with Gasteiger partial charge in [-0.25, -0.2) is 0 Å². The minimum absolute atomic E-state index is 0.300. The van der Waals surface area contributed by atoms with Gasteiger partial charge < -0.3 is 14.0 Å². The Morgan fingerprint density at radius 1 is 1.10 bits per heavy atom. The van der Waals surface area contributed by atoms with Gasteiger partial charge >= 0.3 is 7.12 Å². The lowest BCUT2D eigenvalue weighted by Crippen LogP contribution is -2.41. The summed E-state index contributed by atoms with van der Waals surface area (Å²) < 4.78 is 17.9. The van der Waals surface area contributed by atoms with Crippen molar-refractivity contribution >= 4 is 12.6 Å². The third-order valence-electron chi connectivity index (χ3n) is 4.81. The van der Waals surface area contributed by atoms with Crippen LogP contribution in [0.1, 0.15) is 52.0 Å². The van der Waals surface area contributed by atoms with E-state index in [2.05, 4.69) is 33.8 Å². The van der Waals surface area contributed by atoms with Crippen molar-refractivity contribution in [2.24, 2.45) is 0 Å². The van der Waals surface area contributed by atoms with Gasteiger partial charge in [-0.2, -0.15) is 0 Å². The molecule has 0 N–H and O–H groups in total. The first-order chi connectivity index (χ1) is 9.36. The number of hydrogen-bond donors (Lipinski definition) is 0. The molecule has 1 saturated heterocycles. The molecule has 1 saturated carbocycles. The molecule has 0 spiro atoms. The third kappa shape index (κ3) is 2.15. The maximum absolute atomic E-state index is 6.19. The highest BCUT2D eigenvalue weighted by molar-refractivity contribution is 6.62. The lowest BCUT2D eigenvalue weighted by molar-refractivity contribution is 0.00578. The van der Waals surface area contributed by atoms with Gasteiger partial charge in [0.2, 0.25) is 0 Å². The SMILES string of the molecule is COc1cccc(B2OC(C)(C)C(C)(C)O2)c1C1CC1. The van der Waals surface area contributed by atoms with Crippen LogP contribution < -0.4 is 10.2 Å². The molecule has 0 radical (unpaired) electrons. The average molecular weight is 274 g/mol. The molecule has 0 amide bonds. The van der Waals surface area contributed by atoms with E-state index in [1.54, 1.807) is 7.11 Å². The second-order valence-corrected chi connectivity index (χ2v) is 6.83. The molecular formula is C16H23BO3. The van der Waals surface area contributed by atoms with E-state index in [4.69, 9.17) is 14.0 Å². The molecule has 0 bridgehead atoms. The molecule has 2 fully saturated rings. The van der Waals surface area contributed by atoms with E-state index in [1.165, 1.54) is 18.4 Å². The van der Waals surface area contributed by atoms with E-state index >= 15 is 0 Å².